The fourth-order valence-corrected chi connectivity index (χ4v) is 5.23. The number of anilines is 1. The predicted molar refractivity (Wildman–Crippen MR) is 95.6 cm³/mol. The van der Waals surface area contributed by atoms with Crippen LogP contribution in [0.1, 0.15) is 12.8 Å². The summed E-state index contributed by atoms with van der Waals surface area (Å²) in [5.41, 5.74) is 0.405. The second kappa shape index (κ2) is 6.17. The van der Waals surface area contributed by atoms with Crippen molar-refractivity contribution < 1.29 is 17.6 Å². The maximum absolute atomic E-state index is 13.4. The van der Waals surface area contributed by atoms with E-state index in [-0.39, 0.29) is 23.9 Å². The number of para-hydroxylation sites is 1. The molecule has 0 unspecified atom stereocenters. The maximum Gasteiger partial charge on any atom is 0.243 e. The third-order valence-electron chi connectivity index (χ3n) is 5.34. The van der Waals surface area contributed by atoms with Crippen LogP contribution in [0.4, 0.5) is 10.1 Å². The molecule has 2 fully saturated rings. The zero-order chi connectivity index (χ0) is 18.4. The molecule has 26 heavy (non-hydrogen) atoms. The molecule has 2 aromatic rings. The Morgan fingerprint density at radius 2 is 1.65 bits per heavy atom. The summed E-state index contributed by atoms with van der Waals surface area (Å²) in [7, 11) is -3.73. The van der Waals surface area contributed by atoms with Gasteiger partial charge < -0.3 is 4.90 Å². The number of carbonyl (C=O) groups excluding carboxylic acids is 1. The van der Waals surface area contributed by atoms with E-state index in [0.717, 1.165) is 11.8 Å². The number of benzene rings is 2. The molecular weight excluding hydrogens is 355 g/mol. The molecule has 2 saturated heterocycles. The smallest absolute Gasteiger partial charge is 0.243 e. The van der Waals surface area contributed by atoms with Gasteiger partial charge in [0.1, 0.15) is 5.82 Å². The van der Waals surface area contributed by atoms with E-state index in [4.69, 9.17) is 0 Å². The Balaban J connectivity index is 1.46. The molecule has 2 aliphatic heterocycles. The molecule has 2 aromatic carbocycles. The second-order valence-electron chi connectivity index (χ2n) is 6.87. The first kappa shape index (κ1) is 17.2. The number of carbonyl (C=O) groups is 1. The fraction of sp³-hybridized carbons (Fsp3) is 0.316. The van der Waals surface area contributed by atoms with Gasteiger partial charge in [-0.15, -0.1) is 0 Å². The van der Waals surface area contributed by atoms with Gasteiger partial charge in [-0.2, -0.15) is 4.31 Å². The summed E-state index contributed by atoms with van der Waals surface area (Å²) in [5, 5.41) is 0. The summed E-state index contributed by atoms with van der Waals surface area (Å²) in [4.78, 5) is 14.4. The van der Waals surface area contributed by atoms with Crippen molar-refractivity contribution in [1.29, 1.82) is 0 Å². The average molecular weight is 374 g/mol. The molecule has 1 spiro atoms. The number of nitrogens with zero attached hydrogens (tertiary/aromatic N) is 2. The van der Waals surface area contributed by atoms with Gasteiger partial charge in [0.15, 0.2) is 0 Å². The Morgan fingerprint density at radius 3 is 2.27 bits per heavy atom. The number of amides is 1. The molecule has 0 aliphatic carbocycles. The summed E-state index contributed by atoms with van der Waals surface area (Å²) >= 11 is 0. The number of rotatable bonds is 3. The molecule has 2 heterocycles. The van der Waals surface area contributed by atoms with Crippen LogP contribution >= 0.6 is 0 Å². The minimum absolute atomic E-state index is 0.0423. The lowest BCUT2D eigenvalue weighted by Gasteiger charge is -2.52. The Hall–Kier alpha value is -2.25. The monoisotopic (exact) mass is 374 g/mol. The average Bonchev–Trinajstić information content (AvgIpc) is 2.67. The van der Waals surface area contributed by atoms with Crippen LogP contribution in [0, 0.1) is 11.2 Å². The topological polar surface area (TPSA) is 57.7 Å². The van der Waals surface area contributed by atoms with Gasteiger partial charge in [0.05, 0.1) is 10.3 Å². The van der Waals surface area contributed by atoms with Crippen molar-refractivity contribution in [2.75, 3.05) is 24.5 Å². The maximum atomic E-state index is 13.4. The third-order valence-corrected chi connectivity index (χ3v) is 7.24. The third kappa shape index (κ3) is 2.71. The van der Waals surface area contributed by atoms with Crippen molar-refractivity contribution in [3.8, 4) is 0 Å². The first-order chi connectivity index (χ1) is 12.4. The Labute approximate surface area is 152 Å². The van der Waals surface area contributed by atoms with Crippen molar-refractivity contribution in [2.24, 2.45) is 5.41 Å². The molecule has 2 aliphatic rings. The molecule has 5 nitrogen and oxygen atoms in total. The number of hydrogen-bond acceptors (Lipinski definition) is 3. The van der Waals surface area contributed by atoms with Gasteiger partial charge >= 0.3 is 0 Å². The first-order valence-electron chi connectivity index (χ1n) is 8.55. The molecule has 136 valence electrons. The number of sulfonamides is 1. The standard InChI is InChI=1S/C19H19FN2O3S/c20-15-5-4-8-17(13-15)26(24,25)21-11-9-19(10-12-21)14-22(18(19)23)16-6-2-1-3-7-16/h1-8,13H,9-12,14H2. The Bertz CT molecular complexity index is 938. The van der Waals surface area contributed by atoms with Gasteiger partial charge in [0.25, 0.3) is 0 Å². The summed E-state index contributed by atoms with van der Waals surface area (Å²) in [5.74, 6) is -0.515. The Morgan fingerprint density at radius 1 is 0.962 bits per heavy atom. The lowest BCUT2D eigenvalue weighted by Crippen LogP contribution is -2.65. The molecule has 0 N–H and O–H groups in total. The molecule has 0 bridgehead atoms. The van der Waals surface area contributed by atoms with Gasteiger partial charge in [-0.25, -0.2) is 12.8 Å². The zero-order valence-electron chi connectivity index (χ0n) is 14.1. The Kier molecular flexibility index (Phi) is 4.08. The largest absolute Gasteiger partial charge is 0.311 e. The van der Waals surface area contributed by atoms with Crippen molar-refractivity contribution >= 4 is 21.6 Å². The summed E-state index contributed by atoms with van der Waals surface area (Å²) in [6, 6.07) is 14.5. The molecule has 7 heteroatoms. The van der Waals surface area contributed by atoms with E-state index in [0.29, 0.717) is 19.4 Å². The normalized spacial score (nSPS) is 20.2. The van der Waals surface area contributed by atoms with E-state index < -0.39 is 21.3 Å². The number of piperidine rings is 1. The molecule has 0 saturated carbocycles. The minimum atomic E-state index is -3.73. The van der Waals surface area contributed by atoms with E-state index in [1.165, 1.54) is 22.5 Å². The molecule has 4 rings (SSSR count). The second-order valence-corrected chi connectivity index (χ2v) is 8.81. The molecule has 0 atom stereocenters. The van der Waals surface area contributed by atoms with Crippen molar-refractivity contribution in [1.82, 2.24) is 4.31 Å². The summed E-state index contributed by atoms with van der Waals surface area (Å²) in [6.45, 7) is 1.16. The fourth-order valence-electron chi connectivity index (χ4n) is 3.76. The number of halogens is 1. The van der Waals surface area contributed by atoms with Crippen molar-refractivity contribution in [3.05, 3.63) is 60.4 Å². The lowest BCUT2D eigenvalue weighted by atomic mass is 9.71. The SMILES string of the molecule is O=C1N(c2ccccc2)CC12CCN(S(=O)(=O)c1cccc(F)c1)CC2. The highest BCUT2D eigenvalue weighted by Gasteiger charge is 2.54. The van der Waals surface area contributed by atoms with Gasteiger partial charge in [-0.3, -0.25) is 4.79 Å². The van der Waals surface area contributed by atoms with Gasteiger partial charge in [0, 0.05) is 25.3 Å². The van der Waals surface area contributed by atoms with Gasteiger partial charge in [-0.1, -0.05) is 24.3 Å². The highest BCUT2D eigenvalue weighted by molar-refractivity contribution is 7.89. The van der Waals surface area contributed by atoms with Crippen LogP contribution in [0.5, 0.6) is 0 Å². The van der Waals surface area contributed by atoms with Crippen molar-refractivity contribution in [3.63, 3.8) is 0 Å². The van der Waals surface area contributed by atoms with E-state index in [1.807, 2.05) is 30.3 Å². The zero-order valence-corrected chi connectivity index (χ0v) is 15.0. The first-order valence-corrected chi connectivity index (χ1v) is 9.99. The van der Waals surface area contributed by atoms with Crippen LogP contribution in [-0.2, 0) is 14.8 Å². The number of hydrogen-bond donors (Lipinski definition) is 0. The predicted octanol–water partition coefficient (Wildman–Crippen LogP) is 2.64. The van der Waals surface area contributed by atoms with Crippen molar-refractivity contribution in [2.45, 2.75) is 17.7 Å². The molecular formula is C19H19FN2O3S. The van der Waals surface area contributed by atoms with E-state index in [9.17, 15) is 17.6 Å². The minimum Gasteiger partial charge on any atom is -0.311 e. The highest BCUT2D eigenvalue weighted by Crippen LogP contribution is 2.44. The van der Waals surface area contributed by atoms with E-state index in [2.05, 4.69) is 0 Å². The van der Waals surface area contributed by atoms with Crippen LogP contribution in [0.2, 0.25) is 0 Å². The quantitative estimate of drug-likeness (QED) is 0.776. The van der Waals surface area contributed by atoms with Crippen LogP contribution in [0.3, 0.4) is 0 Å². The van der Waals surface area contributed by atoms with Gasteiger partial charge in [0.2, 0.25) is 15.9 Å². The number of β-lactam (4-membered cyclic amide) rings is 1. The van der Waals surface area contributed by atoms with E-state index >= 15 is 0 Å². The van der Waals surface area contributed by atoms with Crippen LogP contribution in [-0.4, -0.2) is 38.3 Å². The highest BCUT2D eigenvalue weighted by atomic mass is 32.2. The summed E-state index contributed by atoms with van der Waals surface area (Å²) in [6.07, 6.45) is 0.980. The van der Waals surface area contributed by atoms with Crippen LogP contribution < -0.4 is 4.90 Å². The van der Waals surface area contributed by atoms with Crippen LogP contribution in [0.25, 0.3) is 0 Å². The van der Waals surface area contributed by atoms with Gasteiger partial charge in [-0.05, 0) is 43.2 Å². The summed E-state index contributed by atoms with van der Waals surface area (Å²) < 4.78 is 40.1. The molecule has 0 aromatic heterocycles. The lowest BCUT2D eigenvalue weighted by molar-refractivity contribution is -0.137. The van der Waals surface area contributed by atoms with Crippen LogP contribution in [0.15, 0.2) is 59.5 Å². The molecule has 0 radical (unpaired) electrons. The molecule has 1 amide bonds. The van der Waals surface area contributed by atoms with E-state index in [1.54, 1.807) is 4.90 Å².